The predicted octanol–water partition coefficient (Wildman–Crippen LogP) is 5.02. The first-order valence-corrected chi connectivity index (χ1v) is 9.83. The van der Waals surface area contributed by atoms with E-state index in [2.05, 4.69) is 23.3 Å². The number of amides is 1. The van der Waals surface area contributed by atoms with Crippen LogP contribution < -0.4 is 5.32 Å². The average molecular weight is 375 g/mol. The van der Waals surface area contributed by atoms with Crippen LogP contribution in [-0.2, 0) is 11.2 Å². The van der Waals surface area contributed by atoms with Gasteiger partial charge in [0, 0.05) is 11.1 Å². The first-order valence-electron chi connectivity index (χ1n) is 8.85. The molecule has 27 heavy (non-hydrogen) atoms. The molecule has 0 bridgehead atoms. The normalized spacial score (nSPS) is 10.6. The van der Waals surface area contributed by atoms with E-state index in [0.717, 1.165) is 39.7 Å². The largest absolute Gasteiger partial charge is 0.325 e. The molecule has 0 saturated carbocycles. The Bertz CT molecular complexity index is 1050. The smallest absolute Gasteiger partial charge is 0.234 e. The highest BCUT2D eigenvalue weighted by atomic mass is 32.2. The number of pyridine rings is 1. The number of aryl methyl sites for hydroxylation is 3. The van der Waals surface area contributed by atoms with Crippen molar-refractivity contribution in [3.8, 4) is 6.07 Å². The van der Waals surface area contributed by atoms with Crippen LogP contribution in [0.3, 0.4) is 0 Å². The number of aromatic nitrogens is 1. The van der Waals surface area contributed by atoms with Gasteiger partial charge in [-0.15, -0.1) is 0 Å². The molecule has 0 radical (unpaired) electrons. The number of carbonyl (C=O) groups excluding carboxylic acids is 1. The van der Waals surface area contributed by atoms with Crippen LogP contribution in [0.1, 0.15) is 29.2 Å². The summed E-state index contributed by atoms with van der Waals surface area (Å²) in [6.45, 7) is 6.07. The van der Waals surface area contributed by atoms with Gasteiger partial charge < -0.3 is 5.32 Å². The van der Waals surface area contributed by atoms with Crippen molar-refractivity contribution in [3.05, 3.63) is 64.7 Å². The van der Waals surface area contributed by atoms with Gasteiger partial charge in [-0.05, 0) is 49.1 Å². The zero-order valence-corrected chi connectivity index (χ0v) is 16.5. The lowest BCUT2D eigenvalue weighted by atomic mass is 10.0. The van der Waals surface area contributed by atoms with Crippen molar-refractivity contribution in [1.29, 1.82) is 5.26 Å². The van der Waals surface area contributed by atoms with Gasteiger partial charge in [0.05, 0.1) is 16.8 Å². The lowest BCUT2D eigenvalue weighted by molar-refractivity contribution is -0.113. The van der Waals surface area contributed by atoms with Gasteiger partial charge >= 0.3 is 0 Å². The number of nitriles is 1. The van der Waals surface area contributed by atoms with Gasteiger partial charge in [-0.25, -0.2) is 4.98 Å². The van der Waals surface area contributed by atoms with Crippen LogP contribution in [0.2, 0.25) is 0 Å². The third-order valence-corrected chi connectivity index (χ3v) is 5.49. The van der Waals surface area contributed by atoms with Crippen LogP contribution >= 0.6 is 11.8 Å². The molecule has 0 aliphatic rings. The Labute approximate surface area is 163 Å². The fraction of sp³-hybridized carbons (Fsp3) is 0.227. The van der Waals surface area contributed by atoms with Crippen molar-refractivity contribution in [2.45, 2.75) is 32.2 Å². The van der Waals surface area contributed by atoms with Gasteiger partial charge in [0.15, 0.2) is 0 Å². The highest BCUT2D eigenvalue weighted by molar-refractivity contribution is 8.00. The van der Waals surface area contributed by atoms with Crippen molar-refractivity contribution < 1.29 is 4.79 Å². The Hall–Kier alpha value is -2.84. The minimum absolute atomic E-state index is 0.104. The number of rotatable bonds is 5. The summed E-state index contributed by atoms with van der Waals surface area (Å²) < 4.78 is 0. The van der Waals surface area contributed by atoms with Gasteiger partial charge in [-0.3, -0.25) is 4.79 Å². The second-order valence-corrected chi connectivity index (χ2v) is 7.36. The molecule has 2 aromatic carbocycles. The molecule has 1 N–H and O–H groups in total. The molecular weight excluding hydrogens is 354 g/mol. The monoisotopic (exact) mass is 375 g/mol. The van der Waals surface area contributed by atoms with Gasteiger partial charge in [0.25, 0.3) is 0 Å². The van der Waals surface area contributed by atoms with E-state index >= 15 is 0 Å². The Balaban J connectivity index is 1.81. The molecule has 1 amide bonds. The van der Waals surface area contributed by atoms with E-state index in [1.165, 1.54) is 11.8 Å². The fourth-order valence-corrected chi connectivity index (χ4v) is 3.73. The van der Waals surface area contributed by atoms with Gasteiger partial charge in [0.1, 0.15) is 11.1 Å². The Morgan fingerprint density at radius 1 is 1.19 bits per heavy atom. The predicted molar refractivity (Wildman–Crippen MR) is 111 cm³/mol. The lowest BCUT2D eigenvalue weighted by Crippen LogP contribution is -2.15. The van der Waals surface area contributed by atoms with Crippen LogP contribution in [0.5, 0.6) is 0 Å². The summed E-state index contributed by atoms with van der Waals surface area (Å²) in [5.74, 6) is 0.100. The maximum Gasteiger partial charge on any atom is 0.234 e. The van der Waals surface area contributed by atoms with Gasteiger partial charge in [-0.1, -0.05) is 49.0 Å². The number of carbonyl (C=O) groups is 1. The summed E-state index contributed by atoms with van der Waals surface area (Å²) in [7, 11) is 0. The summed E-state index contributed by atoms with van der Waals surface area (Å²) >= 11 is 1.30. The maximum absolute atomic E-state index is 12.4. The summed E-state index contributed by atoms with van der Waals surface area (Å²) in [6.07, 6.45) is 0.854. The summed E-state index contributed by atoms with van der Waals surface area (Å²) in [5.41, 5.74) is 5.47. The number of fused-ring (bicyclic) bond motifs is 1. The number of anilines is 1. The molecule has 0 spiro atoms. The van der Waals surface area contributed by atoms with Crippen molar-refractivity contribution in [1.82, 2.24) is 4.98 Å². The molecule has 0 atom stereocenters. The molecule has 4 nitrogen and oxygen atoms in total. The number of thioether (sulfide) groups is 1. The highest BCUT2D eigenvalue weighted by Crippen LogP contribution is 2.28. The maximum atomic E-state index is 12.4. The molecule has 0 unspecified atom stereocenters. The van der Waals surface area contributed by atoms with Crippen molar-refractivity contribution in [3.63, 3.8) is 0 Å². The molecule has 3 aromatic rings. The first-order chi connectivity index (χ1) is 13.0. The molecule has 0 aliphatic heterocycles. The standard InChI is InChI=1S/C22H21N3OS/c1-4-16-7-5-6-8-19(16)24-20(26)13-27-22-17(12-23)11-18-14(2)9-10-15(3)21(18)25-22/h5-11H,4,13H2,1-3H3,(H,24,26). The van der Waals surface area contributed by atoms with E-state index in [0.29, 0.717) is 10.6 Å². The molecule has 1 heterocycles. The number of hydrogen-bond donors (Lipinski definition) is 1. The van der Waals surface area contributed by atoms with Crippen LogP contribution in [0.25, 0.3) is 10.9 Å². The van der Waals surface area contributed by atoms with Crippen LogP contribution in [-0.4, -0.2) is 16.6 Å². The molecule has 1 aromatic heterocycles. The molecule has 136 valence electrons. The summed E-state index contributed by atoms with van der Waals surface area (Å²) in [6, 6.07) is 15.9. The fourth-order valence-electron chi connectivity index (χ4n) is 2.98. The minimum atomic E-state index is -0.104. The second kappa shape index (κ2) is 8.24. The molecule has 0 saturated heterocycles. The number of para-hydroxylation sites is 1. The van der Waals surface area contributed by atoms with E-state index < -0.39 is 0 Å². The Morgan fingerprint density at radius 2 is 1.93 bits per heavy atom. The molecule has 0 aliphatic carbocycles. The first kappa shape index (κ1) is 18.9. The number of nitrogens with one attached hydrogen (secondary N) is 1. The topological polar surface area (TPSA) is 65.8 Å². The highest BCUT2D eigenvalue weighted by Gasteiger charge is 2.13. The van der Waals surface area contributed by atoms with Crippen LogP contribution in [0.15, 0.2) is 47.5 Å². The van der Waals surface area contributed by atoms with E-state index in [1.807, 2.05) is 56.3 Å². The third kappa shape index (κ3) is 4.12. The van der Waals surface area contributed by atoms with Gasteiger partial charge in [0.2, 0.25) is 5.91 Å². The van der Waals surface area contributed by atoms with Gasteiger partial charge in [-0.2, -0.15) is 5.26 Å². The quantitative estimate of drug-likeness (QED) is 0.636. The van der Waals surface area contributed by atoms with E-state index in [4.69, 9.17) is 0 Å². The molecular formula is C22H21N3OS. The summed E-state index contributed by atoms with van der Waals surface area (Å²) in [5, 5.41) is 14.0. The van der Waals surface area contributed by atoms with Crippen molar-refractivity contribution in [2.75, 3.05) is 11.1 Å². The number of nitrogens with zero attached hydrogens (tertiary/aromatic N) is 2. The van der Waals surface area contributed by atoms with Crippen LogP contribution in [0, 0.1) is 25.2 Å². The van der Waals surface area contributed by atoms with E-state index in [1.54, 1.807) is 0 Å². The number of benzene rings is 2. The minimum Gasteiger partial charge on any atom is -0.325 e. The Morgan fingerprint density at radius 3 is 2.67 bits per heavy atom. The average Bonchev–Trinajstić information content (AvgIpc) is 2.69. The van der Waals surface area contributed by atoms with Crippen molar-refractivity contribution >= 4 is 34.3 Å². The van der Waals surface area contributed by atoms with Crippen molar-refractivity contribution in [2.24, 2.45) is 0 Å². The Kier molecular flexibility index (Phi) is 5.78. The molecule has 5 heteroatoms. The van der Waals surface area contributed by atoms with Crippen LogP contribution in [0.4, 0.5) is 5.69 Å². The zero-order chi connectivity index (χ0) is 19.4. The SMILES string of the molecule is CCc1ccccc1NC(=O)CSc1nc2c(C)ccc(C)c2cc1C#N. The zero-order valence-electron chi connectivity index (χ0n) is 15.7. The summed E-state index contributed by atoms with van der Waals surface area (Å²) in [4.78, 5) is 17.1. The molecule has 0 fully saturated rings. The molecule has 3 rings (SSSR count). The van der Waals surface area contributed by atoms with E-state index in [-0.39, 0.29) is 11.7 Å². The number of hydrogen-bond acceptors (Lipinski definition) is 4. The third-order valence-electron chi connectivity index (χ3n) is 4.50. The van der Waals surface area contributed by atoms with E-state index in [9.17, 15) is 10.1 Å². The second-order valence-electron chi connectivity index (χ2n) is 6.40. The lowest BCUT2D eigenvalue weighted by Gasteiger charge is -2.11.